The second kappa shape index (κ2) is 8.25. The van der Waals surface area contributed by atoms with Gasteiger partial charge in [-0.3, -0.25) is 4.79 Å². The zero-order chi connectivity index (χ0) is 16.0. The van der Waals surface area contributed by atoms with Crippen LogP contribution >= 0.6 is 0 Å². The highest BCUT2D eigenvalue weighted by Crippen LogP contribution is 2.30. The van der Waals surface area contributed by atoms with Crippen LogP contribution in [0.5, 0.6) is 0 Å². The molecule has 1 saturated carbocycles. The lowest BCUT2D eigenvalue weighted by Gasteiger charge is -2.28. The van der Waals surface area contributed by atoms with E-state index in [9.17, 15) is 9.59 Å². The first-order valence-electron chi connectivity index (χ1n) is 8.05. The van der Waals surface area contributed by atoms with Crippen molar-refractivity contribution in [3.8, 4) is 0 Å². The highest BCUT2D eigenvalue weighted by atomic mass is 16.4. The van der Waals surface area contributed by atoms with E-state index in [1.807, 2.05) is 18.7 Å². The van der Waals surface area contributed by atoms with Gasteiger partial charge in [-0.25, -0.2) is 4.79 Å². The van der Waals surface area contributed by atoms with Gasteiger partial charge < -0.3 is 15.3 Å². The topological polar surface area (TPSA) is 69.6 Å². The molecule has 1 fully saturated rings. The SMILES string of the molecule is CC(C)CC(CNC(=O)N(CC1CC1)C(C)C)CC(=O)O. The lowest BCUT2D eigenvalue weighted by Crippen LogP contribution is -2.46. The average Bonchev–Trinajstić information content (AvgIpc) is 3.14. The van der Waals surface area contributed by atoms with Crippen molar-refractivity contribution in [1.82, 2.24) is 10.2 Å². The largest absolute Gasteiger partial charge is 0.481 e. The smallest absolute Gasteiger partial charge is 0.317 e. The van der Waals surface area contributed by atoms with Crippen molar-refractivity contribution in [3.63, 3.8) is 0 Å². The Balaban J connectivity index is 2.46. The summed E-state index contributed by atoms with van der Waals surface area (Å²) >= 11 is 0. The summed E-state index contributed by atoms with van der Waals surface area (Å²) in [7, 11) is 0. The van der Waals surface area contributed by atoms with Crippen LogP contribution in [0.15, 0.2) is 0 Å². The molecule has 0 spiro atoms. The van der Waals surface area contributed by atoms with Crippen molar-refractivity contribution < 1.29 is 14.7 Å². The van der Waals surface area contributed by atoms with Gasteiger partial charge in [-0.2, -0.15) is 0 Å². The molecule has 122 valence electrons. The summed E-state index contributed by atoms with van der Waals surface area (Å²) in [5.41, 5.74) is 0. The van der Waals surface area contributed by atoms with Gasteiger partial charge in [0.05, 0.1) is 0 Å². The maximum atomic E-state index is 12.3. The van der Waals surface area contributed by atoms with Gasteiger partial charge in [-0.1, -0.05) is 13.8 Å². The summed E-state index contributed by atoms with van der Waals surface area (Å²) in [6.45, 7) is 9.44. The van der Waals surface area contributed by atoms with Crippen molar-refractivity contribution in [2.75, 3.05) is 13.1 Å². The fourth-order valence-electron chi connectivity index (χ4n) is 2.59. The Morgan fingerprint density at radius 3 is 2.29 bits per heavy atom. The number of nitrogens with one attached hydrogen (secondary N) is 1. The fourth-order valence-corrected chi connectivity index (χ4v) is 2.59. The zero-order valence-electron chi connectivity index (χ0n) is 13.8. The number of carboxylic acids is 1. The molecule has 0 aliphatic heterocycles. The third-order valence-corrected chi connectivity index (χ3v) is 3.85. The van der Waals surface area contributed by atoms with Gasteiger partial charge in [-0.15, -0.1) is 0 Å². The van der Waals surface area contributed by atoms with Crippen molar-refractivity contribution >= 4 is 12.0 Å². The van der Waals surface area contributed by atoms with Gasteiger partial charge >= 0.3 is 12.0 Å². The lowest BCUT2D eigenvalue weighted by atomic mass is 9.94. The first kappa shape index (κ1) is 17.8. The number of carbonyl (C=O) groups is 2. The molecule has 0 bridgehead atoms. The van der Waals surface area contributed by atoms with Crippen molar-refractivity contribution in [1.29, 1.82) is 0 Å². The molecule has 1 unspecified atom stereocenters. The number of carbonyl (C=O) groups excluding carboxylic acids is 1. The molecule has 5 nitrogen and oxygen atoms in total. The fraction of sp³-hybridized carbons (Fsp3) is 0.875. The normalized spacial score (nSPS) is 16.1. The van der Waals surface area contributed by atoms with Crippen LogP contribution in [0.4, 0.5) is 4.79 Å². The third-order valence-electron chi connectivity index (χ3n) is 3.85. The molecule has 2 amide bonds. The number of aliphatic carboxylic acids is 1. The van der Waals surface area contributed by atoms with E-state index in [1.54, 1.807) is 0 Å². The van der Waals surface area contributed by atoms with E-state index in [1.165, 1.54) is 12.8 Å². The minimum atomic E-state index is -0.798. The van der Waals surface area contributed by atoms with E-state index in [2.05, 4.69) is 19.2 Å². The van der Waals surface area contributed by atoms with Crippen LogP contribution in [0.3, 0.4) is 0 Å². The van der Waals surface area contributed by atoms with Crippen LogP contribution in [-0.4, -0.2) is 41.1 Å². The monoisotopic (exact) mass is 298 g/mol. The Kier molecular flexibility index (Phi) is 6.99. The van der Waals surface area contributed by atoms with Crippen LogP contribution in [0.1, 0.15) is 53.4 Å². The molecular formula is C16H30N2O3. The van der Waals surface area contributed by atoms with Crippen molar-refractivity contribution in [2.45, 2.75) is 59.4 Å². The van der Waals surface area contributed by atoms with Crippen LogP contribution in [0, 0.1) is 17.8 Å². The number of amides is 2. The number of nitrogens with zero attached hydrogens (tertiary/aromatic N) is 1. The summed E-state index contributed by atoms with van der Waals surface area (Å²) < 4.78 is 0. The molecule has 0 radical (unpaired) electrons. The first-order chi connectivity index (χ1) is 9.79. The van der Waals surface area contributed by atoms with Crippen molar-refractivity contribution in [3.05, 3.63) is 0 Å². The molecule has 0 aromatic heterocycles. The van der Waals surface area contributed by atoms with E-state index < -0.39 is 5.97 Å². The van der Waals surface area contributed by atoms with Gasteiger partial charge in [0.25, 0.3) is 0 Å². The highest BCUT2D eigenvalue weighted by molar-refractivity contribution is 5.74. The van der Waals surface area contributed by atoms with Crippen LogP contribution in [-0.2, 0) is 4.79 Å². The quantitative estimate of drug-likeness (QED) is 0.687. The van der Waals surface area contributed by atoms with Gasteiger partial charge in [0.1, 0.15) is 0 Å². The second-order valence-electron chi connectivity index (χ2n) is 6.97. The lowest BCUT2D eigenvalue weighted by molar-refractivity contribution is -0.138. The Morgan fingerprint density at radius 2 is 1.86 bits per heavy atom. The standard InChI is InChI=1S/C16H30N2O3/c1-11(2)7-14(8-15(19)20)9-17-16(21)18(12(3)4)10-13-5-6-13/h11-14H,5-10H2,1-4H3,(H,17,21)(H,19,20). The van der Waals surface area contributed by atoms with E-state index in [4.69, 9.17) is 5.11 Å². The van der Waals surface area contributed by atoms with Gasteiger partial charge in [0.2, 0.25) is 0 Å². The second-order valence-corrected chi connectivity index (χ2v) is 6.97. The molecule has 1 aliphatic rings. The average molecular weight is 298 g/mol. The third kappa shape index (κ3) is 7.34. The van der Waals surface area contributed by atoms with Crippen LogP contribution in [0.25, 0.3) is 0 Å². The molecule has 2 N–H and O–H groups in total. The maximum Gasteiger partial charge on any atom is 0.317 e. The van der Waals surface area contributed by atoms with Gasteiger partial charge in [0, 0.05) is 25.6 Å². The summed E-state index contributed by atoms with van der Waals surface area (Å²) in [5.74, 6) is 0.289. The van der Waals surface area contributed by atoms with E-state index in [0.717, 1.165) is 13.0 Å². The number of hydrogen-bond donors (Lipinski definition) is 2. The van der Waals surface area contributed by atoms with Crippen LogP contribution in [0.2, 0.25) is 0 Å². The Hall–Kier alpha value is -1.26. The van der Waals surface area contributed by atoms with Gasteiger partial charge in [0.15, 0.2) is 0 Å². The number of hydrogen-bond acceptors (Lipinski definition) is 2. The maximum absolute atomic E-state index is 12.3. The first-order valence-corrected chi connectivity index (χ1v) is 8.05. The molecule has 0 heterocycles. The summed E-state index contributed by atoms with van der Waals surface area (Å²) in [6, 6.07) is 0.115. The molecule has 1 aliphatic carbocycles. The zero-order valence-corrected chi connectivity index (χ0v) is 13.8. The molecule has 5 heteroatoms. The summed E-state index contributed by atoms with van der Waals surface area (Å²) in [5, 5.41) is 11.9. The van der Waals surface area contributed by atoms with E-state index in [-0.39, 0.29) is 24.4 Å². The minimum Gasteiger partial charge on any atom is -0.481 e. The Bertz CT molecular complexity index is 351. The molecule has 1 atom stereocenters. The number of rotatable bonds is 9. The van der Waals surface area contributed by atoms with E-state index in [0.29, 0.717) is 18.4 Å². The molecule has 0 aromatic carbocycles. The molecular weight excluding hydrogens is 268 g/mol. The minimum absolute atomic E-state index is 0.00128. The van der Waals surface area contributed by atoms with Gasteiger partial charge in [-0.05, 0) is 50.9 Å². The summed E-state index contributed by atoms with van der Waals surface area (Å²) in [6.07, 6.45) is 3.36. The van der Waals surface area contributed by atoms with Crippen molar-refractivity contribution in [2.24, 2.45) is 17.8 Å². The predicted octanol–water partition coefficient (Wildman–Crippen LogP) is 2.95. The number of urea groups is 1. The Morgan fingerprint density at radius 1 is 1.24 bits per heavy atom. The highest BCUT2D eigenvalue weighted by Gasteiger charge is 2.28. The van der Waals surface area contributed by atoms with E-state index >= 15 is 0 Å². The summed E-state index contributed by atoms with van der Waals surface area (Å²) in [4.78, 5) is 25.1. The number of carboxylic acid groups (broad SMARTS) is 1. The van der Waals surface area contributed by atoms with Crippen LogP contribution < -0.4 is 5.32 Å². The molecule has 21 heavy (non-hydrogen) atoms. The predicted molar refractivity (Wildman–Crippen MR) is 83.2 cm³/mol. The molecule has 0 aromatic rings. The Labute approximate surface area is 128 Å². The molecule has 1 rings (SSSR count). The molecule has 0 saturated heterocycles.